The Balaban J connectivity index is 1.71. The van der Waals surface area contributed by atoms with Crippen LogP contribution < -0.4 is 10.1 Å². The predicted octanol–water partition coefficient (Wildman–Crippen LogP) is 3.42. The van der Waals surface area contributed by atoms with Crippen LogP contribution in [0.2, 0.25) is 0 Å². The van der Waals surface area contributed by atoms with Crippen molar-refractivity contribution in [1.29, 1.82) is 5.26 Å². The first-order valence-corrected chi connectivity index (χ1v) is 12.6. The minimum Gasteiger partial charge on any atom is -0.493 e. The van der Waals surface area contributed by atoms with Crippen LogP contribution in [0.15, 0.2) is 40.6 Å². The molecule has 1 aromatic carbocycles. The molecule has 1 aromatic heterocycles. The van der Waals surface area contributed by atoms with Gasteiger partial charge in [0.05, 0.1) is 12.7 Å². The van der Waals surface area contributed by atoms with Crippen molar-refractivity contribution >= 4 is 44.7 Å². The van der Waals surface area contributed by atoms with Crippen LogP contribution >= 0.6 is 23.1 Å². The first kappa shape index (κ1) is 21.6. The number of unbranched alkanes of at least 4 members (excludes halogenated alkanes) is 1. The molecule has 1 amide bonds. The van der Waals surface area contributed by atoms with Gasteiger partial charge in [0.2, 0.25) is 10.0 Å². The number of hydrogen-bond acceptors (Lipinski definition) is 7. The molecule has 1 aliphatic rings. The molecule has 7 nitrogen and oxygen atoms in total. The second-order valence-corrected chi connectivity index (χ2v) is 10.3. The number of nitriles is 1. The lowest BCUT2D eigenvalue weighted by molar-refractivity contribution is 0.102. The third-order valence-corrected chi connectivity index (χ3v) is 8.14. The molecule has 0 spiro atoms. The minimum atomic E-state index is -3.69. The van der Waals surface area contributed by atoms with Crippen molar-refractivity contribution in [1.82, 2.24) is 4.31 Å². The maximum Gasteiger partial charge on any atom is 0.267 e. The number of hydrogen-bond donors (Lipinski definition) is 1. The van der Waals surface area contributed by atoms with Crippen LogP contribution in [-0.2, 0) is 10.0 Å². The van der Waals surface area contributed by atoms with Crippen LogP contribution in [0.1, 0.15) is 22.5 Å². The minimum absolute atomic E-state index is 0.0517. The van der Waals surface area contributed by atoms with Gasteiger partial charge >= 0.3 is 0 Å². The summed E-state index contributed by atoms with van der Waals surface area (Å²) in [5, 5.41) is 12.9. The van der Waals surface area contributed by atoms with E-state index in [1.807, 2.05) is 0 Å². The smallest absolute Gasteiger partial charge is 0.267 e. The molecule has 0 radical (unpaired) electrons. The van der Waals surface area contributed by atoms with E-state index in [0.717, 1.165) is 22.8 Å². The van der Waals surface area contributed by atoms with Crippen molar-refractivity contribution in [3.05, 3.63) is 40.6 Å². The Morgan fingerprint density at radius 2 is 2.07 bits per heavy atom. The summed E-state index contributed by atoms with van der Waals surface area (Å²) < 4.78 is 32.9. The highest BCUT2D eigenvalue weighted by Gasteiger charge is 2.31. The molecule has 1 N–H and O–H groups in total. The van der Waals surface area contributed by atoms with Crippen molar-refractivity contribution in [2.75, 3.05) is 36.5 Å². The standard InChI is InChI=1S/C19H21N3O4S3/c20-7-1-2-10-26-16-5-3-4-15(14-16)21-19(23)18-17(6-11-28-18)29(24,25)22-8-12-27-13-9-22/h3-6,11,14H,1-2,8-10,12-13H2,(H,21,23). The van der Waals surface area contributed by atoms with Gasteiger partial charge in [-0.2, -0.15) is 21.3 Å². The number of carbonyl (C=O) groups excluding carboxylic acids is 1. The van der Waals surface area contributed by atoms with E-state index in [4.69, 9.17) is 10.00 Å². The van der Waals surface area contributed by atoms with E-state index < -0.39 is 15.9 Å². The molecule has 10 heteroatoms. The molecule has 1 fully saturated rings. The van der Waals surface area contributed by atoms with Crippen LogP contribution in [0, 0.1) is 11.3 Å². The van der Waals surface area contributed by atoms with Gasteiger partial charge in [-0.15, -0.1) is 11.3 Å². The highest BCUT2D eigenvalue weighted by atomic mass is 32.2. The molecule has 1 aliphatic heterocycles. The van der Waals surface area contributed by atoms with Crippen LogP contribution in [0.5, 0.6) is 5.75 Å². The van der Waals surface area contributed by atoms with E-state index in [2.05, 4.69) is 11.4 Å². The Kier molecular flexibility index (Phi) is 7.55. The van der Waals surface area contributed by atoms with Crippen molar-refractivity contribution in [2.24, 2.45) is 0 Å². The molecule has 0 atom stereocenters. The SMILES string of the molecule is N#CCCCOc1cccc(NC(=O)c2sccc2S(=O)(=O)N2CCSCC2)c1. The number of carbonyl (C=O) groups is 1. The van der Waals surface area contributed by atoms with Gasteiger partial charge in [0, 0.05) is 42.8 Å². The average Bonchev–Trinajstić information content (AvgIpc) is 3.23. The molecule has 29 heavy (non-hydrogen) atoms. The molecule has 154 valence electrons. The van der Waals surface area contributed by atoms with E-state index in [0.29, 0.717) is 44.0 Å². The van der Waals surface area contributed by atoms with Crippen molar-refractivity contribution in [3.63, 3.8) is 0 Å². The summed E-state index contributed by atoms with van der Waals surface area (Å²) in [6.07, 6.45) is 1.04. The molecule has 0 bridgehead atoms. The first-order chi connectivity index (χ1) is 14.0. The Bertz CT molecular complexity index is 992. The summed E-state index contributed by atoms with van der Waals surface area (Å²) in [6.45, 7) is 1.32. The van der Waals surface area contributed by atoms with Crippen LogP contribution in [-0.4, -0.2) is 49.8 Å². The zero-order valence-electron chi connectivity index (χ0n) is 15.7. The van der Waals surface area contributed by atoms with E-state index in [1.165, 1.54) is 10.4 Å². The van der Waals surface area contributed by atoms with E-state index in [9.17, 15) is 13.2 Å². The first-order valence-electron chi connectivity index (χ1n) is 9.09. The second kappa shape index (κ2) is 10.1. The lowest BCUT2D eigenvalue weighted by Crippen LogP contribution is -2.38. The zero-order chi connectivity index (χ0) is 20.7. The highest BCUT2D eigenvalue weighted by Crippen LogP contribution is 2.28. The Morgan fingerprint density at radius 3 is 2.83 bits per heavy atom. The number of ether oxygens (including phenoxy) is 1. The molecule has 0 aliphatic carbocycles. The zero-order valence-corrected chi connectivity index (χ0v) is 18.1. The summed E-state index contributed by atoms with van der Waals surface area (Å²) in [5.41, 5.74) is 0.513. The second-order valence-electron chi connectivity index (χ2n) is 6.22. The van der Waals surface area contributed by atoms with Gasteiger partial charge in [-0.1, -0.05) is 6.07 Å². The largest absolute Gasteiger partial charge is 0.493 e. The molecule has 2 heterocycles. The number of amides is 1. The Morgan fingerprint density at radius 1 is 1.28 bits per heavy atom. The van der Waals surface area contributed by atoms with E-state index in [-0.39, 0.29) is 9.77 Å². The van der Waals surface area contributed by atoms with Gasteiger partial charge in [0.1, 0.15) is 15.5 Å². The van der Waals surface area contributed by atoms with Gasteiger partial charge in [-0.05, 0) is 30.0 Å². The maximum absolute atomic E-state index is 13.0. The molecule has 3 rings (SSSR count). The number of nitrogens with zero attached hydrogens (tertiary/aromatic N) is 2. The monoisotopic (exact) mass is 451 g/mol. The molecular formula is C19H21N3O4S3. The summed E-state index contributed by atoms with van der Waals surface area (Å²) >= 11 is 2.83. The van der Waals surface area contributed by atoms with Gasteiger partial charge in [-0.25, -0.2) is 8.42 Å². The topological polar surface area (TPSA) is 99.5 Å². The van der Waals surface area contributed by atoms with Crippen molar-refractivity contribution < 1.29 is 17.9 Å². The number of thiophene rings is 1. The fourth-order valence-corrected chi connectivity index (χ4v) is 6.66. The number of benzene rings is 1. The summed E-state index contributed by atoms with van der Waals surface area (Å²) in [7, 11) is -3.69. The van der Waals surface area contributed by atoms with Gasteiger partial charge < -0.3 is 10.1 Å². The van der Waals surface area contributed by atoms with E-state index >= 15 is 0 Å². The number of rotatable bonds is 8. The van der Waals surface area contributed by atoms with Gasteiger partial charge in [-0.3, -0.25) is 4.79 Å². The summed E-state index contributed by atoms with van der Waals surface area (Å²) in [5.74, 6) is 1.62. The van der Waals surface area contributed by atoms with Gasteiger partial charge in [0.25, 0.3) is 5.91 Å². The normalized spacial score (nSPS) is 14.9. The number of nitrogens with one attached hydrogen (secondary N) is 1. The summed E-state index contributed by atoms with van der Waals surface area (Å²) in [4.78, 5) is 13.0. The predicted molar refractivity (Wildman–Crippen MR) is 115 cm³/mol. The Labute approximate surface area is 178 Å². The third-order valence-electron chi connectivity index (χ3n) is 4.22. The highest BCUT2D eigenvalue weighted by molar-refractivity contribution is 7.99. The van der Waals surface area contributed by atoms with Crippen LogP contribution in [0.4, 0.5) is 5.69 Å². The molecular weight excluding hydrogens is 430 g/mol. The lowest BCUT2D eigenvalue weighted by Gasteiger charge is -2.25. The van der Waals surface area contributed by atoms with Crippen LogP contribution in [0.25, 0.3) is 0 Å². The fraction of sp³-hybridized carbons (Fsp3) is 0.368. The number of sulfonamides is 1. The fourth-order valence-electron chi connectivity index (χ4n) is 2.78. The molecule has 0 saturated carbocycles. The van der Waals surface area contributed by atoms with Crippen LogP contribution in [0.3, 0.4) is 0 Å². The number of anilines is 1. The Hall–Kier alpha value is -2.06. The van der Waals surface area contributed by atoms with Crippen molar-refractivity contribution in [3.8, 4) is 11.8 Å². The maximum atomic E-state index is 13.0. The average molecular weight is 452 g/mol. The summed E-state index contributed by atoms with van der Waals surface area (Å²) in [6, 6.07) is 10.4. The molecule has 0 unspecified atom stereocenters. The van der Waals surface area contributed by atoms with Crippen molar-refractivity contribution in [2.45, 2.75) is 17.7 Å². The molecule has 1 saturated heterocycles. The quantitative estimate of drug-likeness (QED) is 0.618. The third kappa shape index (κ3) is 5.51. The molecule has 2 aromatic rings. The van der Waals surface area contributed by atoms with Gasteiger partial charge in [0.15, 0.2) is 0 Å². The van der Waals surface area contributed by atoms with E-state index in [1.54, 1.807) is 41.4 Å². The lowest BCUT2D eigenvalue weighted by atomic mass is 10.3. The number of thioether (sulfide) groups is 1.